The summed E-state index contributed by atoms with van der Waals surface area (Å²) in [6, 6.07) is 11.9. The van der Waals surface area contributed by atoms with Gasteiger partial charge in [-0.1, -0.05) is 44.5 Å². The first-order valence-electron chi connectivity index (χ1n) is 10.6. The Morgan fingerprint density at radius 3 is 2.19 bits per heavy atom. The molecule has 1 aromatic heterocycles. The third kappa shape index (κ3) is 4.17. The minimum absolute atomic E-state index is 0.0821. The molecule has 0 atom stereocenters. The molecule has 1 aliphatic heterocycles. The number of piperazine rings is 1. The van der Waals surface area contributed by atoms with E-state index in [0.29, 0.717) is 34.6 Å². The van der Waals surface area contributed by atoms with Crippen LogP contribution >= 0.6 is 11.6 Å². The molecule has 3 aromatic rings. The molecular weight excluding hydrogens is 446 g/mol. The summed E-state index contributed by atoms with van der Waals surface area (Å²) < 4.78 is 28.3. The lowest BCUT2D eigenvalue weighted by Crippen LogP contribution is -2.47. The van der Waals surface area contributed by atoms with Crippen LogP contribution in [0.2, 0.25) is 5.02 Å². The summed E-state index contributed by atoms with van der Waals surface area (Å²) in [6.07, 6.45) is 1.44. The lowest BCUT2D eigenvalue weighted by Gasteiger charge is -2.32. The zero-order chi connectivity index (χ0) is 23.3. The maximum Gasteiger partial charge on any atom is 0.268 e. The monoisotopic (exact) mass is 473 g/mol. The number of rotatable bonds is 3. The summed E-state index contributed by atoms with van der Waals surface area (Å²) in [5, 5.41) is 0.992. The number of nitrogens with zero attached hydrogens (tertiary/aromatic N) is 3. The molecule has 0 aliphatic carbocycles. The Kier molecular flexibility index (Phi) is 5.86. The zero-order valence-corrected chi connectivity index (χ0v) is 20.4. The molecule has 0 saturated carbocycles. The Labute approximate surface area is 194 Å². The highest BCUT2D eigenvalue weighted by Gasteiger charge is 2.28. The van der Waals surface area contributed by atoms with Gasteiger partial charge in [-0.15, -0.1) is 0 Å². The Balaban J connectivity index is 1.80. The molecule has 0 N–H and O–H groups in total. The van der Waals surface area contributed by atoms with Crippen molar-refractivity contribution in [3.8, 4) is 0 Å². The van der Waals surface area contributed by atoms with Crippen LogP contribution in [-0.2, 0) is 15.4 Å². The molecule has 1 amide bonds. The van der Waals surface area contributed by atoms with Gasteiger partial charge in [0.05, 0.1) is 16.0 Å². The third-order valence-electron chi connectivity index (χ3n) is 6.03. The highest BCUT2D eigenvalue weighted by atomic mass is 35.5. The van der Waals surface area contributed by atoms with Crippen molar-refractivity contribution in [2.45, 2.75) is 31.1 Å². The number of benzene rings is 2. The quantitative estimate of drug-likeness (QED) is 0.571. The number of aromatic nitrogens is 1. The number of carbonyl (C=O) groups is 1. The van der Waals surface area contributed by atoms with E-state index in [0.717, 1.165) is 18.7 Å². The molecule has 1 aliphatic rings. The average Bonchev–Trinajstić information content (AvgIpc) is 3.12. The van der Waals surface area contributed by atoms with Crippen LogP contribution in [-0.4, -0.2) is 61.3 Å². The van der Waals surface area contributed by atoms with Crippen LogP contribution in [0.4, 0.5) is 0 Å². The van der Waals surface area contributed by atoms with Crippen LogP contribution in [0.1, 0.15) is 36.7 Å². The van der Waals surface area contributed by atoms with Crippen LogP contribution in [0.25, 0.3) is 10.9 Å². The highest BCUT2D eigenvalue weighted by Crippen LogP contribution is 2.30. The standard InChI is InChI=1S/C24H28ClN3O3S/c1-24(2,3)17-5-8-19(9-6-17)32(30,31)28-16-21(20-15-18(25)7-10-22(20)28)23(29)27-13-11-26(4)12-14-27/h5-10,15-16H,11-14H2,1-4H3. The van der Waals surface area contributed by atoms with Crippen LogP contribution in [0, 0.1) is 0 Å². The van der Waals surface area contributed by atoms with Crippen molar-refractivity contribution >= 4 is 38.4 Å². The lowest BCUT2D eigenvalue weighted by atomic mass is 9.87. The molecule has 0 spiro atoms. The molecule has 1 fully saturated rings. The van der Waals surface area contributed by atoms with Gasteiger partial charge in [0, 0.05) is 42.8 Å². The van der Waals surface area contributed by atoms with Gasteiger partial charge in [-0.3, -0.25) is 4.79 Å². The summed E-state index contributed by atoms with van der Waals surface area (Å²) in [5.74, 6) is -0.178. The fourth-order valence-electron chi connectivity index (χ4n) is 3.96. The molecular formula is C24H28ClN3O3S. The number of hydrogen-bond acceptors (Lipinski definition) is 4. The Morgan fingerprint density at radius 1 is 0.969 bits per heavy atom. The molecule has 32 heavy (non-hydrogen) atoms. The van der Waals surface area contributed by atoms with E-state index in [9.17, 15) is 13.2 Å². The maximum atomic E-state index is 13.5. The first-order chi connectivity index (χ1) is 15.0. The second-order valence-electron chi connectivity index (χ2n) is 9.37. The van der Waals surface area contributed by atoms with E-state index in [1.807, 2.05) is 19.2 Å². The zero-order valence-electron chi connectivity index (χ0n) is 18.8. The molecule has 0 unspecified atom stereocenters. The number of hydrogen-bond donors (Lipinski definition) is 0. The largest absolute Gasteiger partial charge is 0.336 e. The number of likely N-dealkylation sites (N-methyl/N-ethyl adjacent to an activating group) is 1. The summed E-state index contributed by atoms with van der Waals surface area (Å²) in [7, 11) is -1.88. The molecule has 0 bridgehead atoms. The van der Waals surface area contributed by atoms with Crippen molar-refractivity contribution in [2.24, 2.45) is 0 Å². The average molecular weight is 474 g/mol. The molecule has 8 heteroatoms. The van der Waals surface area contributed by atoms with E-state index in [2.05, 4.69) is 25.7 Å². The van der Waals surface area contributed by atoms with Crippen LogP contribution in [0.15, 0.2) is 53.6 Å². The van der Waals surface area contributed by atoms with E-state index in [-0.39, 0.29) is 16.2 Å². The lowest BCUT2D eigenvalue weighted by molar-refractivity contribution is 0.0666. The van der Waals surface area contributed by atoms with Gasteiger partial charge in [0.25, 0.3) is 15.9 Å². The van der Waals surface area contributed by atoms with Gasteiger partial charge >= 0.3 is 0 Å². The van der Waals surface area contributed by atoms with E-state index in [1.54, 1.807) is 35.2 Å². The van der Waals surface area contributed by atoms with Gasteiger partial charge in [-0.05, 0) is 48.4 Å². The van der Waals surface area contributed by atoms with Crippen molar-refractivity contribution in [1.82, 2.24) is 13.8 Å². The predicted octanol–water partition coefficient (Wildman–Crippen LogP) is 4.22. The maximum absolute atomic E-state index is 13.5. The van der Waals surface area contributed by atoms with Gasteiger partial charge in [-0.2, -0.15) is 0 Å². The van der Waals surface area contributed by atoms with Crippen LogP contribution < -0.4 is 0 Å². The molecule has 170 valence electrons. The summed E-state index contributed by atoms with van der Waals surface area (Å²) in [6.45, 7) is 9.00. The number of amides is 1. The van der Waals surface area contributed by atoms with Gasteiger partial charge in [0.1, 0.15) is 0 Å². The van der Waals surface area contributed by atoms with E-state index in [1.165, 1.54) is 10.2 Å². The molecule has 6 nitrogen and oxygen atoms in total. The molecule has 2 aromatic carbocycles. The summed E-state index contributed by atoms with van der Waals surface area (Å²) >= 11 is 6.21. The van der Waals surface area contributed by atoms with Crippen molar-refractivity contribution in [1.29, 1.82) is 0 Å². The highest BCUT2D eigenvalue weighted by molar-refractivity contribution is 7.90. The molecule has 2 heterocycles. The van der Waals surface area contributed by atoms with Gasteiger partial charge in [-0.25, -0.2) is 12.4 Å². The second kappa shape index (κ2) is 8.21. The minimum Gasteiger partial charge on any atom is -0.336 e. The van der Waals surface area contributed by atoms with Crippen LogP contribution in [0.5, 0.6) is 0 Å². The molecule has 1 saturated heterocycles. The minimum atomic E-state index is -3.90. The Bertz CT molecular complexity index is 1270. The fraction of sp³-hybridized carbons (Fsp3) is 0.375. The summed E-state index contributed by atoms with van der Waals surface area (Å²) in [5.41, 5.74) is 1.75. The van der Waals surface area contributed by atoms with Crippen molar-refractivity contribution in [3.63, 3.8) is 0 Å². The first-order valence-corrected chi connectivity index (χ1v) is 12.4. The van der Waals surface area contributed by atoms with Gasteiger partial charge in [0.2, 0.25) is 0 Å². The van der Waals surface area contributed by atoms with Gasteiger partial charge in [0.15, 0.2) is 0 Å². The van der Waals surface area contributed by atoms with Crippen molar-refractivity contribution in [2.75, 3.05) is 33.2 Å². The van der Waals surface area contributed by atoms with E-state index < -0.39 is 10.0 Å². The Hall–Kier alpha value is -2.35. The third-order valence-corrected chi connectivity index (χ3v) is 7.95. The SMILES string of the molecule is CN1CCN(C(=O)c2cn(S(=O)(=O)c3ccc(C(C)(C)C)cc3)c3ccc(Cl)cc23)CC1. The number of fused-ring (bicyclic) bond motifs is 1. The van der Waals surface area contributed by atoms with Crippen molar-refractivity contribution < 1.29 is 13.2 Å². The topological polar surface area (TPSA) is 62.6 Å². The molecule has 4 rings (SSSR count). The fourth-order valence-corrected chi connectivity index (χ4v) is 5.50. The van der Waals surface area contributed by atoms with E-state index >= 15 is 0 Å². The first kappa shape index (κ1) is 22.8. The van der Waals surface area contributed by atoms with Crippen molar-refractivity contribution in [3.05, 3.63) is 64.8 Å². The number of carbonyl (C=O) groups excluding carboxylic acids is 1. The molecule has 0 radical (unpaired) electrons. The van der Waals surface area contributed by atoms with Gasteiger partial charge < -0.3 is 9.80 Å². The summed E-state index contributed by atoms with van der Waals surface area (Å²) in [4.78, 5) is 17.4. The van der Waals surface area contributed by atoms with Crippen LogP contribution in [0.3, 0.4) is 0 Å². The predicted molar refractivity (Wildman–Crippen MR) is 128 cm³/mol. The smallest absolute Gasteiger partial charge is 0.268 e. The normalized spacial score (nSPS) is 16.0. The second-order valence-corrected chi connectivity index (χ2v) is 11.6. The van der Waals surface area contributed by atoms with E-state index in [4.69, 9.17) is 11.6 Å². The number of halogens is 1. The Morgan fingerprint density at radius 2 is 1.59 bits per heavy atom.